The molecule has 0 saturated carbocycles. The van der Waals surface area contributed by atoms with E-state index < -0.39 is 0 Å². The molecule has 0 aromatic carbocycles. The van der Waals surface area contributed by atoms with E-state index in [-0.39, 0.29) is 12.0 Å². The summed E-state index contributed by atoms with van der Waals surface area (Å²) in [6.45, 7) is 15.3. The Balaban J connectivity index is 1.28. The molecular weight excluding hydrogens is 344 g/mol. The zero-order chi connectivity index (χ0) is 19.1. The van der Waals surface area contributed by atoms with Gasteiger partial charge in [0.15, 0.2) is 0 Å². The highest BCUT2D eigenvalue weighted by Crippen LogP contribution is 2.14. The number of piperazine rings is 1. The third-order valence-corrected chi connectivity index (χ3v) is 5.69. The molecule has 0 spiro atoms. The van der Waals surface area contributed by atoms with Crippen molar-refractivity contribution < 1.29 is 14.3 Å². The fourth-order valence-corrected chi connectivity index (χ4v) is 4.28. The van der Waals surface area contributed by atoms with Crippen molar-refractivity contribution in [3.05, 3.63) is 0 Å². The molecule has 0 aromatic heterocycles. The normalized spacial score (nSPS) is 28.7. The number of hydrogen-bond acceptors (Lipinski definition) is 6. The van der Waals surface area contributed by atoms with Gasteiger partial charge < -0.3 is 14.8 Å². The largest absolute Gasteiger partial charge is 0.377 e. The first-order valence-corrected chi connectivity index (χ1v) is 10.8. The van der Waals surface area contributed by atoms with E-state index in [9.17, 15) is 4.79 Å². The van der Waals surface area contributed by atoms with Gasteiger partial charge in [0.1, 0.15) is 0 Å². The number of amides is 1. The van der Waals surface area contributed by atoms with Crippen molar-refractivity contribution in [2.75, 3.05) is 78.7 Å². The lowest BCUT2D eigenvalue weighted by Crippen LogP contribution is -2.52. The Hall–Kier alpha value is -0.730. The quantitative estimate of drug-likeness (QED) is 0.650. The molecule has 27 heavy (non-hydrogen) atoms. The van der Waals surface area contributed by atoms with E-state index in [1.807, 2.05) is 0 Å². The van der Waals surface area contributed by atoms with E-state index in [1.54, 1.807) is 0 Å². The lowest BCUT2D eigenvalue weighted by Gasteiger charge is -2.36. The van der Waals surface area contributed by atoms with Gasteiger partial charge in [-0.3, -0.25) is 19.5 Å². The summed E-state index contributed by atoms with van der Waals surface area (Å²) in [7, 11) is 0. The fourth-order valence-electron chi connectivity index (χ4n) is 4.28. The molecule has 1 amide bonds. The highest BCUT2D eigenvalue weighted by molar-refractivity contribution is 5.78. The van der Waals surface area contributed by atoms with Gasteiger partial charge >= 0.3 is 0 Å². The van der Waals surface area contributed by atoms with Crippen LogP contribution in [0.5, 0.6) is 0 Å². The van der Waals surface area contributed by atoms with Crippen LogP contribution in [0.1, 0.15) is 26.7 Å². The van der Waals surface area contributed by atoms with Gasteiger partial charge in [-0.15, -0.1) is 0 Å². The van der Waals surface area contributed by atoms with E-state index in [2.05, 4.69) is 33.9 Å². The summed E-state index contributed by atoms with van der Waals surface area (Å²) in [6.07, 6.45) is 2.93. The first-order chi connectivity index (χ1) is 13.1. The molecule has 3 saturated heterocycles. The van der Waals surface area contributed by atoms with E-state index >= 15 is 0 Å². The number of carbonyl (C=O) groups excluding carboxylic acids is 1. The van der Waals surface area contributed by atoms with Gasteiger partial charge in [0.25, 0.3) is 0 Å². The van der Waals surface area contributed by atoms with Crippen molar-refractivity contribution in [1.29, 1.82) is 0 Å². The Labute approximate surface area is 164 Å². The van der Waals surface area contributed by atoms with E-state index in [1.165, 1.54) is 12.8 Å². The van der Waals surface area contributed by atoms with E-state index in [4.69, 9.17) is 9.47 Å². The van der Waals surface area contributed by atoms with Gasteiger partial charge in [-0.2, -0.15) is 0 Å². The molecule has 3 fully saturated rings. The van der Waals surface area contributed by atoms with Crippen LogP contribution in [-0.4, -0.2) is 111 Å². The minimum atomic E-state index is 0.115. The molecule has 7 nitrogen and oxygen atoms in total. The predicted molar refractivity (Wildman–Crippen MR) is 106 cm³/mol. The Morgan fingerprint density at radius 2 is 1.74 bits per heavy atom. The van der Waals surface area contributed by atoms with Crippen LogP contribution in [0.3, 0.4) is 0 Å². The first-order valence-electron chi connectivity index (χ1n) is 10.8. The Kier molecular flexibility index (Phi) is 8.33. The highest BCUT2D eigenvalue weighted by atomic mass is 16.5. The maximum atomic E-state index is 12.3. The van der Waals surface area contributed by atoms with Crippen molar-refractivity contribution in [2.45, 2.75) is 38.9 Å². The van der Waals surface area contributed by atoms with Crippen LogP contribution >= 0.6 is 0 Å². The number of nitrogens with one attached hydrogen (secondary N) is 1. The monoisotopic (exact) mass is 382 g/mol. The van der Waals surface area contributed by atoms with Gasteiger partial charge in [0.2, 0.25) is 5.91 Å². The molecule has 0 bridgehead atoms. The molecular formula is C20H38N4O3. The zero-order valence-corrected chi connectivity index (χ0v) is 17.2. The summed E-state index contributed by atoms with van der Waals surface area (Å²) in [5.74, 6) is 0.782. The lowest BCUT2D eigenvalue weighted by atomic mass is 10.2. The molecule has 2 atom stereocenters. The van der Waals surface area contributed by atoms with Gasteiger partial charge in [-0.25, -0.2) is 0 Å². The summed E-state index contributed by atoms with van der Waals surface area (Å²) in [4.78, 5) is 19.5. The lowest BCUT2D eigenvalue weighted by molar-refractivity contribution is -0.124. The third kappa shape index (κ3) is 7.31. The summed E-state index contributed by atoms with van der Waals surface area (Å²) in [6, 6.07) is 0. The molecule has 156 valence electrons. The van der Waals surface area contributed by atoms with Crippen LogP contribution < -0.4 is 5.32 Å². The number of ether oxygens (including phenoxy) is 2. The van der Waals surface area contributed by atoms with Crippen LogP contribution in [0.25, 0.3) is 0 Å². The average Bonchev–Trinajstić information content (AvgIpc) is 3.14. The van der Waals surface area contributed by atoms with E-state index in [0.29, 0.717) is 25.1 Å². The molecule has 0 aliphatic carbocycles. The molecule has 1 N–H and O–H groups in total. The number of hydrogen-bond donors (Lipinski definition) is 1. The second kappa shape index (κ2) is 10.7. The molecule has 2 unspecified atom stereocenters. The van der Waals surface area contributed by atoms with Crippen molar-refractivity contribution in [2.24, 2.45) is 5.92 Å². The molecule has 7 heteroatoms. The van der Waals surface area contributed by atoms with Crippen molar-refractivity contribution in [3.63, 3.8) is 0 Å². The van der Waals surface area contributed by atoms with Crippen LogP contribution in [0, 0.1) is 5.92 Å². The second-order valence-corrected chi connectivity index (χ2v) is 8.66. The number of morpholine rings is 1. The highest BCUT2D eigenvalue weighted by Gasteiger charge is 2.25. The first kappa shape index (κ1) is 21.0. The molecule has 3 aliphatic rings. The summed E-state index contributed by atoms with van der Waals surface area (Å²) >= 11 is 0. The van der Waals surface area contributed by atoms with Crippen LogP contribution in [0.4, 0.5) is 0 Å². The van der Waals surface area contributed by atoms with Gasteiger partial charge in [0.05, 0.1) is 25.4 Å². The Bertz CT molecular complexity index is 449. The van der Waals surface area contributed by atoms with Gasteiger partial charge in [-0.05, 0) is 18.8 Å². The van der Waals surface area contributed by atoms with Gasteiger partial charge in [0, 0.05) is 65.5 Å². The minimum Gasteiger partial charge on any atom is -0.377 e. The van der Waals surface area contributed by atoms with Gasteiger partial charge in [-0.1, -0.05) is 13.8 Å². The summed E-state index contributed by atoms with van der Waals surface area (Å²) in [5, 5.41) is 3.08. The second-order valence-electron chi connectivity index (χ2n) is 8.66. The molecule has 3 rings (SSSR count). The zero-order valence-electron chi connectivity index (χ0n) is 17.2. The minimum absolute atomic E-state index is 0.115. The van der Waals surface area contributed by atoms with Crippen molar-refractivity contribution in [3.8, 4) is 0 Å². The maximum Gasteiger partial charge on any atom is 0.234 e. The molecule has 3 aliphatic heterocycles. The summed E-state index contributed by atoms with van der Waals surface area (Å²) < 4.78 is 11.5. The SMILES string of the molecule is CC(C)CN1CCOC(CNC(=O)CN2CCN(CC3CCCO3)CC2)C1. The fraction of sp³-hybridized carbons (Fsp3) is 0.950. The smallest absolute Gasteiger partial charge is 0.234 e. The van der Waals surface area contributed by atoms with Crippen LogP contribution in [0.15, 0.2) is 0 Å². The number of nitrogens with zero attached hydrogens (tertiary/aromatic N) is 3. The number of rotatable bonds is 8. The summed E-state index contributed by atoms with van der Waals surface area (Å²) in [5.41, 5.74) is 0. The molecule has 3 heterocycles. The van der Waals surface area contributed by atoms with Crippen LogP contribution in [0.2, 0.25) is 0 Å². The standard InChI is InChI=1S/C20H38N4O3/c1-17(2)13-24-9-11-27-19(15-24)12-21-20(25)16-23-7-5-22(6-8-23)14-18-4-3-10-26-18/h17-19H,3-16H2,1-2H3,(H,21,25). The Morgan fingerprint density at radius 3 is 2.44 bits per heavy atom. The Morgan fingerprint density at radius 1 is 1.00 bits per heavy atom. The van der Waals surface area contributed by atoms with E-state index in [0.717, 1.165) is 65.6 Å². The number of carbonyl (C=O) groups is 1. The maximum absolute atomic E-state index is 12.3. The topological polar surface area (TPSA) is 57.3 Å². The molecule has 0 aromatic rings. The van der Waals surface area contributed by atoms with Crippen molar-refractivity contribution >= 4 is 5.91 Å². The average molecular weight is 383 g/mol. The molecule has 0 radical (unpaired) electrons. The van der Waals surface area contributed by atoms with Crippen LogP contribution in [-0.2, 0) is 14.3 Å². The third-order valence-electron chi connectivity index (χ3n) is 5.69. The predicted octanol–water partition coefficient (Wildman–Crippen LogP) is 0.256. The van der Waals surface area contributed by atoms with Crippen molar-refractivity contribution in [1.82, 2.24) is 20.0 Å².